The van der Waals surface area contributed by atoms with E-state index in [1.165, 1.54) is 0 Å². The van der Waals surface area contributed by atoms with Crippen LogP contribution in [0.2, 0.25) is 0 Å². The number of rotatable bonds is 3. The lowest BCUT2D eigenvalue weighted by molar-refractivity contribution is -0.0425. The normalized spacial score (nSPS) is 10.2. The first-order valence-corrected chi connectivity index (χ1v) is 3.54. The van der Waals surface area contributed by atoms with E-state index in [9.17, 15) is 4.79 Å². The predicted molar refractivity (Wildman–Crippen MR) is 43.0 cm³/mol. The van der Waals surface area contributed by atoms with Crippen LogP contribution < -0.4 is 0 Å². The van der Waals surface area contributed by atoms with E-state index >= 15 is 0 Å². The van der Waals surface area contributed by atoms with Crippen LogP contribution in [0.15, 0.2) is 24.3 Å². The molecular formula is C9H9O3. The maximum atomic E-state index is 10.0. The third-order valence-corrected chi connectivity index (χ3v) is 1.53. The van der Waals surface area contributed by atoms with Gasteiger partial charge in [0.1, 0.15) is 0 Å². The monoisotopic (exact) mass is 165 g/mol. The topological polar surface area (TPSA) is 57.5 Å². The Labute approximate surface area is 70.3 Å². The highest BCUT2D eigenvalue weighted by molar-refractivity contribution is 5.55. The lowest BCUT2D eigenvalue weighted by Gasteiger charge is -2.03. The largest absolute Gasteiger partial charge is 0.364 e. The van der Waals surface area contributed by atoms with Gasteiger partial charge in [-0.3, -0.25) is 4.79 Å². The number of aliphatic hydroxyl groups excluding tert-OH is 1. The summed E-state index contributed by atoms with van der Waals surface area (Å²) >= 11 is 0. The maximum Gasteiger partial charge on any atom is 0.203 e. The molecule has 63 valence electrons. The molecule has 0 unspecified atom stereocenters. The molecule has 0 aliphatic carbocycles. The van der Waals surface area contributed by atoms with Gasteiger partial charge in [-0.2, -0.15) is 0 Å². The van der Waals surface area contributed by atoms with Crippen LogP contribution in [0, 0.1) is 0 Å². The maximum absolute atomic E-state index is 10.0. The molecule has 0 bridgehead atoms. The van der Waals surface area contributed by atoms with Gasteiger partial charge in [-0.15, -0.1) is 0 Å². The van der Waals surface area contributed by atoms with Crippen LogP contribution in [0.1, 0.15) is 17.4 Å². The van der Waals surface area contributed by atoms with Crippen LogP contribution in [0.25, 0.3) is 0 Å². The average molecular weight is 165 g/mol. The molecular weight excluding hydrogens is 156 g/mol. The lowest BCUT2D eigenvalue weighted by Crippen LogP contribution is -1.96. The Hall–Kier alpha value is -1.19. The van der Waals surface area contributed by atoms with Crippen molar-refractivity contribution in [1.29, 1.82) is 0 Å². The molecule has 0 saturated carbocycles. The SMILES string of the molecule is O=[C]Cc1cccc(C(O)O)c1. The smallest absolute Gasteiger partial charge is 0.203 e. The molecule has 3 nitrogen and oxygen atoms in total. The van der Waals surface area contributed by atoms with E-state index in [4.69, 9.17) is 10.2 Å². The summed E-state index contributed by atoms with van der Waals surface area (Å²) in [6.07, 6.45) is 0.443. The van der Waals surface area contributed by atoms with Crippen molar-refractivity contribution in [3.05, 3.63) is 35.4 Å². The molecule has 12 heavy (non-hydrogen) atoms. The first kappa shape index (κ1) is 8.90. The fourth-order valence-electron chi connectivity index (χ4n) is 0.947. The molecule has 0 amide bonds. The molecule has 1 radical (unpaired) electrons. The zero-order valence-electron chi connectivity index (χ0n) is 6.40. The Balaban J connectivity index is 2.87. The summed E-state index contributed by atoms with van der Waals surface area (Å²) in [6.45, 7) is 0. The summed E-state index contributed by atoms with van der Waals surface area (Å²) in [5, 5.41) is 17.5. The average Bonchev–Trinajstić information content (AvgIpc) is 2.05. The van der Waals surface area contributed by atoms with Crippen molar-refractivity contribution in [3.8, 4) is 0 Å². The molecule has 3 heteroatoms. The second-order valence-electron chi connectivity index (χ2n) is 2.44. The van der Waals surface area contributed by atoms with Crippen LogP contribution in [-0.4, -0.2) is 16.5 Å². The van der Waals surface area contributed by atoms with Crippen molar-refractivity contribution < 1.29 is 15.0 Å². The van der Waals surface area contributed by atoms with Gasteiger partial charge < -0.3 is 10.2 Å². The number of carbonyl (C=O) groups excluding carboxylic acids is 1. The van der Waals surface area contributed by atoms with E-state index in [-0.39, 0.29) is 6.42 Å². The highest BCUT2D eigenvalue weighted by Gasteiger charge is 2.02. The number of benzene rings is 1. The number of hydrogen-bond donors (Lipinski definition) is 2. The Morgan fingerprint density at radius 1 is 1.42 bits per heavy atom. The van der Waals surface area contributed by atoms with Crippen molar-refractivity contribution >= 4 is 6.29 Å². The third-order valence-electron chi connectivity index (χ3n) is 1.53. The first-order chi connectivity index (χ1) is 5.74. The Kier molecular flexibility index (Phi) is 2.96. The van der Waals surface area contributed by atoms with Crippen LogP contribution in [0.4, 0.5) is 0 Å². The van der Waals surface area contributed by atoms with E-state index in [0.29, 0.717) is 5.56 Å². The Bertz CT molecular complexity index is 268. The fourth-order valence-corrected chi connectivity index (χ4v) is 0.947. The zero-order valence-corrected chi connectivity index (χ0v) is 6.40. The molecule has 0 aromatic heterocycles. The zero-order chi connectivity index (χ0) is 8.97. The van der Waals surface area contributed by atoms with Crippen LogP contribution in [0.3, 0.4) is 0 Å². The van der Waals surface area contributed by atoms with Gasteiger partial charge in [0.15, 0.2) is 6.29 Å². The van der Waals surface area contributed by atoms with Crippen molar-refractivity contribution in [2.75, 3.05) is 0 Å². The van der Waals surface area contributed by atoms with Gasteiger partial charge in [0.2, 0.25) is 6.29 Å². The van der Waals surface area contributed by atoms with Gasteiger partial charge in [-0.25, -0.2) is 0 Å². The van der Waals surface area contributed by atoms with Gasteiger partial charge >= 0.3 is 0 Å². The van der Waals surface area contributed by atoms with Crippen molar-refractivity contribution in [2.24, 2.45) is 0 Å². The summed E-state index contributed by atoms with van der Waals surface area (Å²) in [5.41, 5.74) is 1.12. The van der Waals surface area contributed by atoms with Gasteiger partial charge in [-0.05, 0) is 5.56 Å². The van der Waals surface area contributed by atoms with E-state index in [1.807, 2.05) is 0 Å². The van der Waals surface area contributed by atoms with Crippen molar-refractivity contribution in [1.82, 2.24) is 0 Å². The molecule has 0 spiro atoms. The highest BCUT2D eigenvalue weighted by atomic mass is 16.5. The summed E-state index contributed by atoms with van der Waals surface area (Å²) < 4.78 is 0. The molecule has 0 saturated heterocycles. The quantitative estimate of drug-likeness (QED) is 0.634. The van der Waals surface area contributed by atoms with Gasteiger partial charge in [-0.1, -0.05) is 24.3 Å². The molecule has 0 heterocycles. The summed E-state index contributed by atoms with van der Waals surface area (Å²) in [4.78, 5) is 10.0. The highest BCUT2D eigenvalue weighted by Crippen LogP contribution is 2.11. The van der Waals surface area contributed by atoms with Crippen LogP contribution in [-0.2, 0) is 11.2 Å². The van der Waals surface area contributed by atoms with Gasteiger partial charge in [0, 0.05) is 12.0 Å². The number of aliphatic hydroxyl groups is 2. The Morgan fingerprint density at radius 3 is 2.75 bits per heavy atom. The Morgan fingerprint density at radius 2 is 2.17 bits per heavy atom. The van der Waals surface area contributed by atoms with E-state index in [2.05, 4.69) is 0 Å². The molecule has 1 aromatic rings. The molecule has 0 aliphatic rings. The fraction of sp³-hybridized carbons (Fsp3) is 0.222. The summed E-state index contributed by atoms with van der Waals surface area (Å²) in [6, 6.07) is 6.55. The molecule has 1 aromatic carbocycles. The van der Waals surface area contributed by atoms with Crippen molar-refractivity contribution in [3.63, 3.8) is 0 Å². The standard InChI is InChI=1S/C9H9O3/c10-5-4-7-2-1-3-8(6-7)9(11)12/h1-3,6,9,11-12H,4H2. The molecule has 0 aliphatic heterocycles. The second kappa shape index (κ2) is 3.99. The molecule has 0 fully saturated rings. The first-order valence-electron chi connectivity index (χ1n) is 3.54. The molecule has 0 atom stereocenters. The van der Waals surface area contributed by atoms with Gasteiger partial charge in [0.25, 0.3) is 0 Å². The minimum atomic E-state index is -1.48. The second-order valence-corrected chi connectivity index (χ2v) is 2.44. The van der Waals surface area contributed by atoms with E-state index in [1.54, 1.807) is 30.6 Å². The molecule has 2 N–H and O–H groups in total. The predicted octanol–water partition coefficient (Wildman–Crippen LogP) is 0.322. The minimum Gasteiger partial charge on any atom is -0.364 e. The lowest BCUT2D eigenvalue weighted by atomic mass is 10.1. The third kappa shape index (κ3) is 2.15. The summed E-state index contributed by atoms with van der Waals surface area (Å²) in [5.74, 6) is 0. The molecule has 1 rings (SSSR count). The number of hydrogen-bond acceptors (Lipinski definition) is 3. The van der Waals surface area contributed by atoms with Crippen LogP contribution in [0.5, 0.6) is 0 Å². The van der Waals surface area contributed by atoms with E-state index in [0.717, 1.165) is 5.56 Å². The van der Waals surface area contributed by atoms with E-state index < -0.39 is 6.29 Å². The van der Waals surface area contributed by atoms with Crippen LogP contribution >= 0.6 is 0 Å². The summed E-state index contributed by atoms with van der Waals surface area (Å²) in [7, 11) is 0. The minimum absolute atomic E-state index is 0.181. The van der Waals surface area contributed by atoms with Crippen molar-refractivity contribution in [2.45, 2.75) is 12.7 Å². The van der Waals surface area contributed by atoms with Gasteiger partial charge in [0.05, 0.1) is 0 Å².